The zero-order chi connectivity index (χ0) is 18.1. The lowest BCUT2D eigenvalue weighted by Gasteiger charge is -2.19. The maximum atomic E-state index is 12.1. The van der Waals surface area contributed by atoms with Crippen molar-refractivity contribution in [3.05, 3.63) is 28.7 Å². The van der Waals surface area contributed by atoms with Crippen molar-refractivity contribution in [2.75, 3.05) is 0 Å². The van der Waals surface area contributed by atoms with Crippen LogP contribution in [0.25, 0.3) is 11.0 Å². The highest BCUT2D eigenvalue weighted by molar-refractivity contribution is 5.82. The van der Waals surface area contributed by atoms with Gasteiger partial charge >= 0.3 is 5.69 Å². The van der Waals surface area contributed by atoms with E-state index in [1.807, 2.05) is 39.1 Å². The summed E-state index contributed by atoms with van der Waals surface area (Å²) >= 11 is 0. The molecule has 136 valence electrons. The molecule has 1 atom stereocenters. The van der Waals surface area contributed by atoms with Gasteiger partial charge in [0.05, 0.1) is 11.6 Å². The van der Waals surface area contributed by atoms with E-state index in [4.69, 9.17) is 4.74 Å². The Hall–Kier alpha value is -1.71. The van der Waals surface area contributed by atoms with E-state index in [1.165, 1.54) is 19.3 Å². The molecule has 1 heterocycles. The number of rotatable bonds is 8. The van der Waals surface area contributed by atoms with Crippen molar-refractivity contribution in [3.8, 4) is 5.75 Å². The number of fused-ring (bicyclic) bond motifs is 1. The maximum absolute atomic E-state index is 12.1. The molecule has 0 spiro atoms. The molecular weight excluding hydrogens is 300 g/mol. The van der Waals surface area contributed by atoms with Crippen molar-refractivity contribution in [1.29, 1.82) is 0 Å². The summed E-state index contributed by atoms with van der Waals surface area (Å²) < 4.78 is 9.65. The number of hydrogen-bond acceptors (Lipinski definition) is 2. The van der Waals surface area contributed by atoms with Crippen LogP contribution in [0.4, 0.5) is 0 Å². The number of hydrogen-bond donors (Lipinski definition) is 0. The molecule has 0 saturated carbocycles. The van der Waals surface area contributed by atoms with E-state index in [1.54, 1.807) is 16.2 Å². The van der Waals surface area contributed by atoms with Crippen LogP contribution >= 0.6 is 0 Å². The first-order valence-corrected chi connectivity index (χ1v) is 9.41. The molecule has 0 fully saturated rings. The van der Waals surface area contributed by atoms with E-state index < -0.39 is 0 Å². The van der Waals surface area contributed by atoms with E-state index >= 15 is 0 Å². The maximum Gasteiger partial charge on any atom is 0.328 e. The van der Waals surface area contributed by atoms with Crippen LogP contribution in [-0.4, -0.2) is 15.2 Å². The first-order chi connectivity index (χ1) is 11.6. The van der Waals surface area contributed by atoms with Gasteiger partial charge in [-0.3, -0.25) is 9.13 Å². The summed E-state index contributed by atoms with van der Waals surface area (Å²) in [5, 5.41) is 0. The number of para-hydroxylation sites is 1. The fourth-order valence-electron chi connectivity index (χ4n) is 3.02. The monoisotopic (exact) mass is 334 g/mol. The molecule has 1 unspecified atom stereocenters. The van der Waals surface area contributed by atoms with E-state index in [0.29, 0.717) is 0 Å². The van der Waals surface area contributed by atoms with Crippen LogP contribution in [0.1, 0.15) is 66.2 Å². The Balaban J connectivity index is 0.00000139. The van der Waals surface area contributed by atoms with Gasteiger partial charge in [0.15, 0.2) is 0 Å². The Morgan fingerprint density at radius 1 is 1.00 bits per heavy atom. The molecule has 0 aliphatic rings. The number of unbranched alkanes of at least 4 members (excludes halogenated alkanes) is 2. The molecule has 0 radical (unpaired) electrons. The van der Waals surface area contributed by atoms with Crippen LogP contribution in [0, 0.1) is 0 Å². The smallest absolute Gasteiger partial charge is 0.328 e. The van der Waals surface area contributed by atoms with Gasteiger partial charge in [0.25, 0.3) is 0 Å². The second kappa shape index (κ2) is 10.2. The third kappa shape index (κ3) is 4.65. The van der Waals surface area contributed by atoms with Gasteiger partial charge in [-0.15, -0.1) is 0 Å². The summed E-state index contributed by atoms with van der Waals surface area (Å²) in [5.74, 6) is 0.827. The largest absolute Gasteiger partial charge is 0.488 e. The summed E-state index contributed by atoms with van der Waals surface area (Å²) in [6.45, 7) is 8.41. The lowest BCUT2D eigenvalue weighted by molar-refractivity contribution is 0.177. The van der Waals surface area contributed by atoms with E-state index in [0.717, 1.165) is 36.0 Å². The molecule has 1 aromatic heterocycles. The molecule has 0 aliphatic carbocycles. The summed E-state index contributed by atoms with van der Waals surface area (Å²) in [5.41, 5.74) is 1.81. The van der Waals surface area contributed by atoms with Crippen LogP contribution in [-0.2, 0) is 14.1 Å². The molecule has 1 aromatic carbocycles. The number of ether oxygens (including phenoxy) is 1. The summed E-state index contributed by atoms with van der Waals surface area (Å²) in [7, 11) is 3.61. The predicted molar refractivity (Wildman–Crippen MR) is 103 cm³/mol. The van der Waals surface area contributed by atoms with E-state index in [9.17, 15) is 4.79 Å². The minimum absolute atomic E-state index is 0.0101. The van der Waals surface area contributed by atoms with Gasteiger partial charge in [-0.25, -0.2) is 4.79 Å². The summed E-state index contributed by atoms with van der Waals surface area (Å²) in [6.07, 6.45) is 7.15. The summed E-state index contributed by atoms with van der Waals surface area (Å²) in [4.78, 5) is 12.1. The average molecular weight is 335 g/mol. The molecule has 4 nitrogen and oxygen atoms in total. The average Bonchev–Trinajstić information content (AvgIpc) is 2.82. The SMILES string of the molecule is CC.CCCCCC(CCC)Oc1cccc2c1n(C)c(=O)n2C. The topological polar surface area (TPSA) is 36.2 Å². The van der Waals surface area contributed by atoms with Crippen LogP contribution in [0.15, 0.2) is 23.0 Å². The number of benzene rings is 1. The molecule has 4 heteroatoms. The number of nitrogens with zero attached hydrogens (tertiary/aromatic N) is 2. The Labute approximate surface area is 146 Å². The Kier molecular flexibility index (Phi) is 8.66. The van der Waals surface area contributed by atoms with Gasteiger partial charge in [0.2, 0.25) is 0 Å². The Morgan fingerprint density at radius 3 is 2.33 bits per heavy atom. The first-order valence-electron chi connectivity index (χ1n) is 9.41. The first kappa shape index (κ1) is 20.3. The van der Waals surface area contributed by atoms with Crippen molar-refractivity contribution in [3.63, 3.8) is 0 Å². The predicted octanol–water partition coefficient (Wildman–Crippen LogP) is 5.03. The fraction of sp³-hybridized carbons (Fsp3) is 0.650. The number of aromatic nitrogens is 2. The van der Waals surface area contributed by atoms with Gasteiger partial charge in [-0.05, 0) is 31.4 Å². The highest BCUT2D eigenvalue weighted by atomic mass is 16.5. The zero-order valence-corrected chi connectivity index (χ0v) is 16.3. The minimum Gasteiger partial charge on any atom is -0.488 e. The van der Waals surface area contributed by atoms with Crippen LogP contribution in [0.3, 0.4) is 0 Å². The van der Waals surface area contributed by atoms with Crippen molar-refractivity contribution in [2.24, 2.45) is 14.1 Å². The normalized spacial score (nSPS) is 11.9. The highest BCUT2D eigenvalue weighted by Gasteiger charge is 2.16. The van der Waals surface area contributed by atoms with Crippen molar-refractivity contribution < 1.29 is 4.74 Å². The van der Waals surface area contributed by atoms with Gasteiger partial charge in [-0.2, -0.15) is 0 Å². The lowest BCUT2D eigenvalue weighted by atomic mass is 10.1. The lowest BCUT2D eigenvalue weighted by Crippen LogP contribution is -2.20. The van der Waals surface area contributed by atoms with Crippen molar-refractivity contribution in [2.45, 2.75) is 72.3 Å². The molecule has 0 N–H and O–H groups in total. The summed E-state index contributed by atoms with van der Waals surface area (Å²) in [6, 6.07) is 5.91. The fourth-order valence-corrected chi connectivity index (χ4v) is 3.02. The molecule has 0 aliphatic heterocycles. The Morgan fingerprint density at radius 2 is 1.71 bits per heavy atom. The number of imidazole rings is 1. The van der Waals surface area contributed by atoms with E-state index in [-0.39, 0.29) is 11.8 Å². The minimum atomic E-state index is -0.0101. The zero-order valence-electron chi connectivity index (χ0n) is 16.3. The van der Waals surface area contributed by atoms with Gasteiger partial charge in [-0.1, -0.05) is 53.0 Å². The number of aryl methyl sites for hydroxylation is 2. The molecular formula is C20H34N2O2. The molecule has 0 saturated heterocycles. The second-order valence-electron chi connectivity index (χ2n) is 6.05. The van der Waals surface area contributed by atoms with Crippen molar-refractivity contribution >= 4 is 11.0 Å². The molecule has 0 amide bonds. The third-order valence-corrected chi connectivity index (χ3v) is 4.28. The quantitative estimate of drug-likeness (QED) is 0.635. The molecule has 2 aromatic rings. The van der Waals surface area contributed by atoms with Gasteiger partial charge in [0, 0.05) is 14.1 Å². The Bertz CT molecular complexity index is 670. The standard InChI is InChI=1S/C18H28N2O2.C2H6/c1-5-7-8-11-14(10-6-2)22-16-13-9-12-15-17(16)20(4)18(21)19(15)3;1-2/h9,12-14H,5-8,10-11H2,1-4H3;1-2H3. The van der Waals surface area contributed by atoms with E-state index in [2.05, 4.69) is 13.8 Å². The second-order valence-corrected chi connectivity index (χ2v) is 6.05. The van der Waals surface area contributed by atoms with Crippen LogP contribution in [0.2, 0.25) is 0 Å². The van der Waals surface area contributed by atoms with Crippen LogP contribution in [0.5, 0.6) is 5.75 Å². The third-order valence-electron chi connectivity index (χ3n) is 4.28. The van der Waals surface area contributed by atoms with Gasteiger partial charge in [0.1, 0.15) is 11.3 Å². The molecule has 24 heavy (non-hydrogen) atoms. The highest BCUT2D eigenvalue weighted by Crippen LogP contribution is 2.27. The van der Waals surface area contributed by atoms with Crippen LogP contribution < -0.4 is 10.4 Å². The van der Waals surface area contributed by atoms with Gasteiger partial charge < -0.3 is 4.74 Å². The molecule has 0 bridgehead atoms. The van der Waals surface area contributed by atoms with Crippen molar-refractivity contribution in [1.82, 2.24) is 9.13 Å². The molecule has 2 rings (SSSR count).